The first kappa shape index (κ1) is 8.04. The van der Waals surface area contributed by atoms with Gasteiger partial charge in [-0.15, -0.1) is 0 Å². The highest BCUT2D eigenvalue weighted by atomic mass is 127. The van der Waals surface area contributed by atoms with Crippen molar-refractivity contribution in [3.63, 3.8) is 0 Å². The maximum atomic E-state index is 4.36. The number of hydrogen-bond acceptors (Lipinski definition) is 1. The van der Waals surface area contributed by atoms with E-state index in [1.165, 1.54) is 9.26 Å². The lowest BCUT2D eigenvalue weighted by atomic mass is 10.4. The van der Waals surface area contributed by atoms with Crippen molar-refractivity contribution in [2.75, 3.05) is 0 Å². The second-order valence-corrected chi connectivity index (χ2v) is 3.30. The molecule has 0 unspecified atom stereocenters. The van der Waals surface area contributed by atoms with E-state index in [1.807, 2.05) is 4.68 Å². The smallest absolute Gasteiger partial charge is 0.0755 e. The molecular weight excluding hydrogens is 239 g/mol. The Morgan fingerprint density at radius 1 is 1.60 bits per heavy atom. The van der Waals surface area contributed by atoms with E-state index in [0.29, 0.717) is 0 Å². The molecule has 0 aliphatic heterocycles. The molecule has 0 N–H and O–H groups in total. The van der Waals surface area contributed by atoms with Crippen LogP contribution >= 0.6 is 22.6 Å². The lowest BCUT2D eigenvalue weighted by Crippen LogP contribution is -1.94. The fraction of sp³-hybridized carbons (Fsp3) is 0.571. The molecule has 0 aliphatic carbocycles. The minimum Gasteiger partial charge on any atom is -0.272 e. The van der Waals surface area contributed by atoms with Crippen molar-refractivity contribution in [1.29, 1.82) is 0 Å². The number of aryl methyl sites for hydroxylation is 2. The molecule has 0 radical (unpaired) electrons. The Morgan fingerprint density at radius 3 is 2.60 bits per heavy atom. The van der Waals surface area contributed by atoms with Crippen LogP contribution in [-0.2, 0) is 13.0 Å². The molecule has 0 aliphatic rings. The number of halogens is 1. The second kappa shape index (κ2) is 3.37. The molecule has 0 saturated carbocycles. The van der Waals surface area contributed by atoms with Gasteiger partial charge < -0.3 is 0 Å². The fourth-order valence-electron chi connectivity index (χ4n) is 0.839. The van der Waals surface area contributed by atoms with Gasteiger partial charge in [-0.1, -0.05) is 6.92 Å². The van der Waals surface area contributed by atoms with Gasteiger partial charge in [0.15, 0.2) is 0 Å². The third kappa shape index (κ3) is 1.51. The van der Waals surface area contributed by atoms with Crippen molar-refractivity contribution in [2.45, 2.75) is 26.8 Å². The van der Waals surface area contributed by atoms with Crippen LogP contribution in [0.3, 0.4) is 0 Å². The Bertz CT molecular complexity index is 217. The summed E-state index contributed by atoms with van der Waals surface area (Å²) < 4.78 is 3.25. The van der Waals surface area contributed by atoms with Crippen LogP contribution in [0.4, 0.5) is 0 Å². The van der Waals surface area contributed by atoms with Gasteiger partial charge in [-0.05, 0) is 35.9 Å². The zero-order valence-electron chi connectivity index (χ0n) is 6.26. The summed E-state index contributed by atoms with van der Waals surface area (Å²) in [7, 11) is 0. The van der Waals surface area contributed by atoms with Crippen LogP contribution in [0.2, 0.25) is 0 Å². The first-order valence-corrected chi connectivity index (χ1v) is 4.57. The number of nitrogens with zero attached hydrogens (tertiary/aromatic N) is 2. The van der Waals surface area contributed by atoms with E-state index in [1.54, 1.807) is 0 Å². The maximum Gasteiger partial charge on any atom is 0.0755 e. The van der Waals surface area contributed by atoms with Crippen LogP contribution in [-0.4, -0.2) is 9.78 Å². The quantitative estimate of drug-likeness (QED) is 0.734. The predicted molar refractivity (Wildman–Crippen MR) is 50.0 cm³/mol. The zero-order valence-corrected chi connectivity index (χ0v) is 8.42. The van der Waals surface area contributed by atoms with Gasteiger partial charge in [0.05, 0.1) is 9.26 Å². The van der Waals surface area contributed by atoms with Crippen LogP contribution in [0.5, 0.6) is 0 Å². The standard InChI is InChI=1S/C7H11IN2/c1-3-7-6(8)5-10(4-2)9-7/h5H,3-4H2,1-2H3. The van der Waals surface area contributed by atoms with Gasteiger partial charge in [0.25, 0.3) is 0 Å². The van der Waals surface area contributed by atoms with Crippen molar-refractivity contribution >= 4 is 22.6 Å². The minimum absolute atomic E-state index is 0.968. The summed E-state index contributed by atoms with van der Waals surface area (Å²) >= 11 is 2.32. The second-order valence-electron chi connectivity index (χ2n) is 2.13. The monoisotopic (exact) mass is 250 g/mol. The van der Waals surface area contributed by atoms with E-state index >= 15 is 0 Å². The molecule has 1 aromatic rings. The van der Waals surface area contributed by atoms with Gasteiger partial charge in [0.2, 0.25) is 0 Å². The topological polar surface area (TPSA) is 17.8 Å². The van der Waals surface area contributed by atoms with Gasteiger partial charge in [-0.3, -0.25) is 4.68 Å². The largest absolute Gasteiger partial charge is 0.272 e. The van der Waals surface area contributed by atoms with Crippen molar-refractivity contribution in [3.8, 4) is 0 Å². The summed E-state index contributed by atoms with van der Waals surface area (Å²) in [5, 5.41) is 4.36. The molecule has 1 heterocycles. The van der Waals surface area contributed by atoms with Crippen LogP contribution in [0.15, 0.2) is 6.20 Å². The van der Waals surface area contributed by atoms with E-state index in [4.69, 9.17) is 0 Å². The van der Waals surface area contributed by atoms with E-state index in [9.17, 15) is 0 Å². The van der Waals surface area contributed by atoms with Gasteiger partial charge in [0, 0.05) is 12.7 Å². The number of rotatable bonds is 2. The fourth-order valence-corrected chi connectivity index (χ4v) is 1.65. The lowest BCUT2D eigenvalue weighted by Gasteiger charge is -1.90. The van der Waals surface area contributed by atoms with Gasteiger partial charge >= 0.3 is 0 Å². The molecule has 0 fully saturated rings. The molecule has 1 rings (SSSR count). The van der Waals surface area contributed by atoms with Crippen molar-refractivity contribution in [3.05, 3.63) is 15.5 Å². The van der Waals surface area contributed by atoms with E-state index < -0.39 is 0 Å². The summed E-state index contributed by atoms with van der Waals surface area (Å²) in [5.74, 6) is 0. The molecule has 56 valence electrons. The summed E-state index contributed by atoms with van der Waals surface area (Å²) in [6.07, 6.45) is 3.12. The van der Waals surface area contributed by atoms with Crippen LogP contribution < -0.4 is 0 Å². The molecule has 0 atom stereocenters. The highest BCUT2D eigenvalue weighted by molar-refractivity contribution is 14.1. The van der Waals surface area contributed by atoms with Crippen LogP contribution in [0, 0.1) is 3.57 Å². The minimum atomic E-state index is 0.968. The molecule has 0 saturated heterocycles. The molecular formula is C7H11IN2. The van der Waals surface area contributed by atoms with E-state index in [-0.39, 0.29) is 0 Å². The van der Waals surface area contributed by atoms with Crippen molar-refractivity contribution in [2.24, 2.45) is 0 Å². The molecule has 1 aromatic heterocycles. The molecule has 0 spiro atoms. The molecule has 3 heteroatoms. The third-order valence-electron chi connectivity index (χ3n) is 1.45. The molecule has 0 bridgehead atoms. The average molecular weight is 250 g/mol. The van der Waals surface area contributed by atoms with Crippen molar-refractivity contribution in [1.82, 2.24) is 9.78 Å². The molecule has 0 amide bonds. The Kier molecular flexibility index (Phi) is 2.71. The third-order valence-corrected chi connectivity index (χ3v) is 2.35. The maximum absolute atomic E-state index is 4.36. The first-order valence-electron chi connectivity index (χ1n) is 3.49. The predicted octanol–water partition coefficient (Wildman–Crippen LogP) is 2.07. The molecule has 2 nitrogen and oxygen atoms in total. The normalized spacial score (nSPS) is 10.3. The van der Waals surface area contributed by atoms with Gasteiger partial charge in [-0.25, -0.2) is 0 Å². The zero-order chi connectivity index (χ0) is 7.56. The molecule has 10 heavy (non-hydrogen) atoms. The number of aromatic nitrogens is 2. The van der Waals surface area contributed by atoms with Gasteiger partial charge in [-0.2, -0.15) is 5.10 Å². The summed E-state index contributed by atoms with van der Waals surface area (Å²) in [6, 6.07) is 0. The number of hydrogen-bond donors (Lipinski definition) is 0. The van der Waals surface area contributed by atoms with Crippen molar-refractivity contribution < 1.29 is 0 Å². The molecule has 0 aromatic carbocycles. The summed E-state index contributed by atoms with van der Waals surface area (Å²) in [5.41, 5.74) is 1.21. The Morgan fingerprint density at radius 2 is 2.30 bits per heavy atom. The summed E-state index contributed by atoms with van der Waals surface area (Å²) in [4.78, 5) is 0. The van der Waals surface area contributed by atoms with Crippen LogP contribution in [0.1, 0.15) is 19.5 Å². The van der Waals surface area contributed by atoms with Gasteiger partial charge in [0.1, 0.15) is 0 Å². The highest BCUT2D eigenvalue weighted by Crippen LogP contribution is 2.09. The lowest BCUT2D eigenvalue weighted by molar-refractivity contribution is 0.648. The van der Waals surface area contributed by atoms with E-state index in [0.717, 1.165) is 13.0 Å². The Balaban J connectivity index is 2.92. The van der Waals surface area contributed by atoms with E-state index in [2.05, 4.69) is 47.7 Å². The first-order chi connectivity index (χ1) is 4.77. The Labute approximate surface area is 74.8 Å². The average Bonchev–Trinajstić information content (AvgIpc) is 2.30. The SMILES string of the molecule is CCc1nn(CC)cc1I. The highest BCUT2D eigenvalue weighted by Gasteiger charge is 2.01. The summed E-state index contributed by atoms with van der Waals surface area (Å²) in [6.45, 7) is 5.20. The van der Waals surface area contributed by atoms with Crippen LogP contribution in [0.25, 0.3) is 0 Å². The Hall–Kier alpha value is -0.0600.